The molecule has 2 aromatic rings. The molecule has 2 heterocycles. The number of benzene rings is 1. The summed E-state index contributed by atoms with van der Waals surface area (Å²) in [5.41, 5.74) is -0.604. The number of carbonyl (C=O) groups is 1. The van der Waals surface area contributed by atoms with Crippen molar-refractivity contribution >= 4 is 11.6 Å². The third-order valence-corrected chi connectivity index (χ3v) is 4.55. The Morgan fingerprint density at radius 2 is 2.00 bits per heavy atom. The van der Waals surface area contributed by atoms with Crippen LogP contribution in [0.4, 0.5) is 18.9 Å². The van der Waals surface area contributed by atoms with E-state index in [9.17, 15) is 18.0 Å². The molecule has 1 amide bonds. The second-order valence-corrected chi connectivity index (χ2v) is 6.57. The minimum Gasteiger partial charge on any atom is -0.325 e. The zero-order valence-electron chi connectivity index (χ0n) is 14.2. The van der Waals surface area contributed by atoms with Gasteiger partial charge in [0, 0.05) is 24.6 Å². The molecule has 0 atom stereocenters. The van der Waals surface area contributed by atoms with Crippen LogP contribution in [0.2, 0.25) is 0 Å². The molecule has 8 heteroatoms. The van der Waals surface area contributed by atoms with Gasteiger partial charge < -0.3 is 5.32 Å². The summed E-state index contributed by atoms with van der Waals surface area (Å²) >= 11 is 0. The lowest BCUT2D eigenvalue weighted by molar-refractivity contribution is -0.137. The van der Waals surface area contributed by atoms with Gasteiger partial charge in [0.2, 0.25) is 5.91 Å². The van der Waals surface area contributed by atoms with E-state index in [1.54, 1.807) is 6.20 Å². The topological polar surface area (TPSA) is 50.2 Å². The summed E-state index contributed by atoms with van der Waals surface area (Å²) in [6.45, 7) is 2.64. The first kappa shape index (κ1) is 18.4. The highest BCUT2D eigenvalue weighted by atomic mass is 19.4. The number of likely N-dealkylation sites (tertiary alicyclic amines) is 1. The van der Waals surface area contributed by atoms with E-state index < -0.39 is 11.7 Å². The zero-order valence-corrected chi connectivity index (χ0v) is 14.2. The molecule has 26 heavy (non-hydrogen) atoms. The van der Waals surface area contributed by atoms with Crippen LogP contribution in [0.5, 0.6) is 0 Å². The number of rotatable bonds is 5. The van der Waals surface area contributed by atoms with Crippen molar-refractivity contribution in [2.45, 2.75) is 25.6 Å². The number of nitrogens with one attached hydrogen (secondary N) is 1. The lowest BCUT2D eigenvalue weighted by Gasteiger charge is -2.31. The normalized spacial score (nSPS) is 16.6. The van der Waals surface area contributed by atoms with Crippen LogP contribution >= 0.6 is 0 Å². The smallest absolute Gasteiger partial charge is 0.325 e. The maximum absolute atomic E-state index is 12.7. The molecule has 5 nitrogen and oxygen atoms in total. The van der Waals surface area contributed by atoms with Crippen molar-refractivity contribution in [1.82, 2.24) is 14.7 Å². The quantitative estimate of drug-likeness (QED) is 0.884. The van der Waals surface area contributed by atoms with Crippen LogP contribution in [0.1, 0.15) is 18.4 Å². The maximum Gasteiger partial charge on any atom is 0.416 e. The Morgan fingerprint density at radius 3 is 2.65 bits per heavy atom. The number of alkyl halides is 3. The molecule has 1 aromatic carbocycles. The molecule has 0 radical (unpaired) electrons. The summed E-state index contributed by atoms with van der Waals surface area (Å²) in [5.74, 6) is 0.229. The van der Waals surface area contributed by atoms with Crippen LogP contribution in [0, 0.1) is 5.92 Å². The predicted molar refractivity (Wildman–Crippen MR) is 91.5 cm³/mol. The van der Waals surface area contributed by atoms with Gasteiger partial charge in [0.25, 0.3) is 0 Å². The van der Waals surface area contributed by atoms with E-state index >= 15 is 0 Å². The van der Waals surface area contributed by atoms with Crippen LogP contribution in [0.15, 0.2) is 42.7 Å². The van der Waals surface area contributed by atoms with Crippen LogP contribution in [0.25, 0.3) is 0 Å². The van der Waals surface area contributed by atoms with Gasteiger partial charge in [0.15, 0.2) is 0 Å². The average Bonchev–Trinajstić information content (AvgIpc) is 3.09. The van der Waals surface area contributed by atoms with Crippen molar-refractivity contribution in [1.29, 1.82) is 0 Å². The first-order chi connectivity index (χ1) is 12.4. The number of halogens is 3. The van der Waals surface area contributed by atoms with Gasteiger partial charge in [-0.3, -0.25) is 14.4 Å². The lowest BCUT2D eigenvalue weighted by Crippen LogP contribution is -2.40. The highest BCUT2D eigenvalue weighted by molar-refractivity contribution is 5.92. The van der Waals surface area contributed by atoms with Crippen molar-refractivity contribution in [2.75, 3.05) is 25.0 Å². The maximum atomic E-state index is 12.7. The van der Waals surface area contributed by atoms with Crippen LogP contribution < -0.4 is 5.32 Å². The molecule has 0 unspecified atom stereocenters. The zero-order chi connectivity index (χ0) is 18.6. The van der Waals surface area contributed by atoms with Crippen molar-refractivity contribution in [2.24, 2.45) is 5.92 Å². The fraction of sp³-hybridized carbons (Fsp3) is 0.444. The molecule has 0 spiro atoms. The molecular weight excluding hydrogens is 345 g/mol. The molecule has 0 bridgehead atoms. The SMILES string of the molecule is O=C(CN1CCC(Cn2cccn2)CC1)Nc1cccc(C(F)(F)F)c1. The van der Waals surface area contributed by atoms with Gasteiger partial charge in [0.1, 0.15) is 0 Å². The molecule has 0 saturated carbocycles. The Kier molecular flexibility index (Phi) is 5.61. The second-order valence-electron chi connectivity index (χ2n) is 6.57. The average molecular weight is 366 g/mol. The van der Waals surface area contributed by atoms with Gasteiger partial charge in [-0.2, -0.15) is 18.3 Å². The predicted octanol–water partition coefficient (Wildman–Crippen LogP) is 3.25. The van der Waals surface area contributed by atoms with Crippen molar-refractivity contribution < 1.29 is 18.0 Å². The molecule has 3 rings (SSSR count). The summed E-state index contributed by atoms with van der Waals surface area (Å²) in [4.78, 5) is 14.2. The molecule has 1 fully saturated rings. The Bertz CT molecular complexity index is 722. The van der Waals surface area contributed by atoms with E-state index in [1.807, 2.05) is 21.8 Å². The lowest BCUT2D eigenvalue weighted by atomic mass is 9.97. The molecule has 1 aliphatic heterocycles. The fourth-order valence-corrected chi connectivity index (χ4v) is 3.18. The molecule has 0 aliphatic carbocycles. The number of aromatic nitrogens is 2. The fourth-order valence-electron chi connectivity index (χ4n) is 3.18. The highest BCUT2D eigenvalue weighted by Crippen LogP contribution is 2.30. The van der Waals surface area contributed by atoms with Gasteiger partial charge in [-0.1, -0.05) is 6.07 Å². The summed E-state index contributed by atoms with van der Waals surface area (Å²) in [6, 6.07) is 6.59. The van der Waals surface area contributed by atoms with Gasteiger partial charge in [-0.05, 0) is 56.1 Å². The number of carbonyl (C=O) groups excluding carboxylic acids is 1. The van der Waals surface area contributed by atoms with Crippen molar-refractivity contribution in [3.8, 4) is 0 Å². The summed E-state index contributed by atoms with van der Waals surface area (Å²) < 4.78 is 40.1. The molecule has 1 N–H and O–H groups in total. The summed E-state index contributed by atoms with van der Waals surface area (Å²) in [5, 5.41) is 6.76. The first-order valence-electron chi connectivity index (χ1n) is 8.57. The Labute approximate surface area is 149 Å². The van der Waals surface area contributed by atoms with E-state index in [0.717, 1.165) is 44.6 Å². The Hall–Kier alpha value is -2.35. The molecule has 140 valence electrons. The monoisotopic (exact) mass is 366 g/mol. The third-order valence-electron chi connectivity index (χ3n) is 4.55. The van der Waals surface area contributed by atoms with Crippen molar-refractivity contribution in [3.63, 3.8) is 0 Å². The number of nitrogens with zero attached hydrogens (tertiary/aromatic N) is 3. The first-order valence-corrected chi connectivity index (χ1v) is 8.57. The second kappa shape index (κ2) is 7.90. The number of anilines is 1. The van der Waals surface area contributed by atoms with E-state index in [4.69, 9.17) is 0 Å². The minimum atomic E-state index is -4.42. The number of piperidine rings is 1. The van der Waals surface area contributed by atoms with Gasteiger partial charge in [0.05, 0.1) is 12.1 Å². The van der Waals surface area contributed by atoms with Crippen LogP contribution in [0.3, 0.4) is 0 Å². The van der Waals surface area contributed by atoms with Crippen molar-refractivity contribution in [3.05, 3.63) is 48.3 Å². The molecule has 1 aliphatic rings. The van der Waals surface area contributed by atoms with Crippen LogP contribution in [-0.4, -0.2) is 40.2 Å². The number of hydrogen-bond donors (Lipinski definition) is 1. The molecular formula is C18H21F3N4O. The molecule has 1 aromatic heterocycles. The van der Waals surface area contributed by atoms with Crippen LogP contribution in [-0.2, 0) is 17.5 Å². The van der Waals surface area contributed by atoms with E-state index in [1.165, 1.54) is 12.1 Å². The minimum absolute atomic E-state index is 0.165. The Balaban J connectivity index is 1.46. The Morgan fingerprint density at radius 1 is 1.23 bits per heavy atom. The third kappa shape index (κ3) is 5.08. The summed E-state index contributed by atoms with van der Waals surface area (Å²) in [6.07, 6.45) is 1.22. The van der Waals surface area contributed by atoms with E-state index in [-0.39, 0.29) is 18.1 Å². The summed E-state index contributed by atoms with van der Waals surface area (Å²) in [7, 11) is 0. The van der Waals surface area contributed by atoms with Gasteiger partial charge >= 0.3 is 6.18 Å². The molecule has 1 saturated heterocycles. The standard InChI is InChI=1S/C18H21F3N4O/c19-18(20,21)15-3-1-4-16(11-15)23-17(26)13-24-9-5-14(6-10-24)12-25-8-2-7-22-25/h1-4,7-8,11,14H,5-6,9-10,12-13H2,(H,23,26). The number of amides is 1. The van der Waals surface area contributed by atoms with Gasteiger partial charge in [-0.15, -0.1) is 0 Å². The highest BCUT2D eigenvalue weighted by Gasteiger charge is 2.30. The van der Waals surface area contributed by atoms with E-state index in [2.05, 4.69) is 10.4 Å². The van der Waals surface area contributed by atoms with E-state index in [0.29, 0.717) is 5.92 Å². The largest absolute Gasteiger partial charge is 0.416 e. The number of hydrogen-bond acceptors (Lipinski definition) is 3. The van der Waals surface area contributed by atoms with Gasteiger partial charge in [-0.25, -0.2) is 0 Å².